The number of hydrogen-bond acceptors (Lipinski definition) is 3. The van der Waals surface area contributed by atoms with Crippen LogP contribution in [0, 0.1) is 13.8 Å². The normalized spacial score (nSPS) is 21.1. The molecule has 0 aromatic carbocycles. The Balaban J connectivity index is 2.07. The summed E-state index contributed by atoms with van der Waals surface area (Å²) in [5, 5.41) is 3.49. The van der Waals surface area contributed by atoms with E-state index in [9.17, 15) is 0 Å². The summed E-state index contributed by atoms with van der Waals surface area (Å²) >= 11 is 2.02. The summed E-state index contributed by atoms with van der Waals surface area (Å²) in [6.07, 6.45) is 1.26. The van der Waals surface area contributed by atoms with Gasteiger partial charge in [-0.3, -0.25) is 0 Å². The van der Waals surface area contributed by atoms with Gasteiger partial charge in [0.25, 0.3) is 0 Å². The molecule has 1 N–H and O–H groups in total. The zero-order valence-electron chi connectivity index (χ0n) is 8.71. The summed E-state index contributed by atoms with van der Waals surface area (Å²) in [6.45, 7) is 4.16. The van der Waals surface area contributed by atoms with Gasteiger partial charge in [0.15, 0.2) is 0 Å². The Kier molecular flexibility index (Phi) is 2.96. The van der Waals surface area contributed by atoms with Gasteiger partial charge in [-0.05, 0) is 43.7 Å². The third kappa shape index (κ3) is 2.41. The Hall–Kier alpha value is -0.700. The van der Waals surface area contributed by atoms with Gasteiger partial charge in [-0.15, -0.1) is 0 Å². The van der Waals surface area contributed by atoms with Gasteiger partial charge >= 0.3 is 0 Å². The zero-order valence-corrected chi connectivity index (χ0v) is 9.53. The van der Waals surface area contributed by atoms with E-state index in [1.54, 1.807) is 0 Å². The van der Waals surface area contributed by atoms with E-state index in [-0.39, 0.29) is 0 Å². The predicted molar refractivity (Wildman–Crippen MR) is 63.1 cm³/mol. The molecule has 0 radical (unpaired) electrons. The molecule has 2 nitrogen and oxygen atoms in total. The third-order valence-electron chi connectivity index (χ3n) is 2.38. The van der Waals surface area contributed by atoms with Crippen molar-refractivity contribution in [2.45, 2.75) is 26.3 Å². The minimum absolute atomic E-state index is 0.619. The zero-order chi connectivity index (χ0) is 9.97. The second-order valence-corrected chi connectivity index (χ2v) is 5.03. The minimum atomic E-state index is 0.619. The van der Waals surface area contributed by atoms with E-state index in [0.717, 1.165) is 11.5 Å². The van der Waals surface area contributed by atoms with Gasteiger partial charge in [-0.2, -0.15) is 11.8 Å². The molecule has 14 heavy (non-hydrogen) atoms. The monoisotopic (exact) mass is 208 g/mol. The van der Waals surface area contributed by atoms with Crippen LogP contribution < -0.4 is 5.32 Å². The fraction of sp³-hybridized carbons (Fsp3) is 0.545. The number of rotatable bonds is 2. The second-order valence-electron chi connectivity index (χ2n) is 3.88. The van der Waals surface area contributed by atoms with Crippen molar-refractivity contribution in [2.24, 2.45) is 0 Å². The topological polar surface area (TPSA) is 24.9 Å². The first kappa shape index (κ1) is 9.84. The van der Waals surface area contributed by atoms with E-state index >= 15 is 0 Å². The van der Waals surface area contributed by atoms with Gasteiger partial charge in [0.1, 0.15) is 5.82 Å². The molecule has 0 saturated carbocycles. The van der Waals surface area contributed by atoms with Crippen LogP contribution in [0.4, 0.5) is 5.82 Å². The highest BCUT2D eigenvalue weighted by Crippen LogP contribution is 2.21. The second kappa shape index (κ2) is 4.22. The lowest BCUT2D eigenvalue weighted by Gasteiger charge is -2.12. The summed E-state index contributed by atoms with van der Waals surface area (Å²) in [7, 11) is 0. The molecule has 1 fully saturated rings. The number of thioether (sulfide) groups is 1. The number of aryl methyl sites for hydroxylation is 2. The van der Waals surface area contributed by atoms with Crippen LogP contribution in [0.25, 0.3) is 0 Å². The number of nitrogens with one attached hydrogen (secondary N) is 1. The summed E-state index contributed by atoms with van der Waals surface area (Å²) in [5.74, 6) is 3.53. The molecule has 1 saturated heterocycles. The van der Waals surface area contributed by atoms with E-state index < -0.39 is 0 Å². The van der Waals surface area contributed by atoms with E-state index in [2.05, 4.69) is 29.4 Å². The molecule has 2 rings (SSSR count). The lowest BCUT2D eigenvalue weighted by atomic mass is 10.2. The summed E-state index contributed by atoms with van der Waals surface area (Å²) in [4.78, 5) is 4.48. The summed E-state index contributed by atoms with van der Waals surface area (Å²) in [5.41, 5.74) is 2.38. The summed E-state index contributed by atoms with van der Waals surface area (Å²) in [6, 6.07) is 4.85. The molecule has 0 amide bonds. The fourth-order valence-electron chi connectivity index (χ4n) is 1.77. The van der Waals surface area contributed by atoms with Gasteiger partial charge in [0.05, 0.1) is 0 Å². The highest BCUT2D eigenvalue weighted by Gasteiger charge is 2.15. The van der Waals surface area contributed by atoms with Gasteiger partial charge in [-0.1, -0.05) is 0 Å². The highest BCUT2D eigenvalue weighted by molar-refractivity contribution is 7.99. The maximum absolute atomic E-state index is 4.48. The van der Waals surface area contributed by atoms with Crippen LogP contribution in [-0.2, 0) is 0 Å². The molecule has 0 spiro atoms. The molecule has 2 heterocycles. The Labute approximate surface area is 89.5 Å². The molecule has 1 aromatic rings. The molecular formula is C11H16N2S. The Morgan fingerprint density at radius 3 is 2.93 bits per heavy atom. The average molecular weight is 208 g/mol. The molecule has 1 unspecified atom stereocenters. The Morgan fingerprint density at radius 2 is 2.29 bits per heavy atom. The molecule has 3 heteroatoms. The molecule has 0 bridgehead atoms. The first-order valence-electron chi connectivity index (χ1n) is 5.03. The molecule has 0 aliphatic carbocycles. The fourth-order valence-corrected chi connectivity index (χ4v) is 2.93. The van der Waals surface area contributed by atoms with Crippen LogP contribution in [0.1, 0.15) is 17.7 Å². The van der Waals surface area contributed by atoms with E-state index in [1.807, 2.05) is 18.7 Å². The largest absolute Gasteiger partial charge is 0.366 e. The van der Waals surface area contributed by atoms with Crippen molar-refractivity contribution in [3.63, 3.8) is 0 Å². The van der Waals surface area contributed by atoms with Gasteiger partial charge in [0.2, 0.25) is 0 Å². The number of aromatic nitrogens is 1. The van der Waals surface area contributed by atoms with Crippen molar-refractivity contribution in [3.8, 4) is 0 Å². The molecule has 1 atom stereocenters. The van der Waals surface area contributed by atoms with Crippen LogP contribution in [-0.4, -0.2) is 22.5 Å². The number of hydrogen-bond donors (Lipinski definition) is 1. The van der Waals surface area contributed by atoms with Crippen molar-refractivity contribution < 1.29 is 0 Å². The number of anilines is 1. The van der Waals surface area contributed by atoms with Gasteiger partial charge < -0.3 is 5.32 Å². The Bertz CT molecular complexity index is 299. The van der Waals surface area contributed by atoms with Crippen LogP contribution >= 0.6 is 11.8 Å². The smallest absolute Gasteiger partial charge is 0.126 e. The molecule has 1 aromatic heterocycles. The molecule has 76 valence electrons. The van der Waals surface area contributed by atoms with Crippen LogP contribution in [0.15, 0.2) is 12.1 Å². The lowest BCUT2D eigenvalue weighted by molar-refractivity contribution is 0.805. The Morgan fingerprint density at radius 1 is 1.43 bits per heavy atom. The van der Waals surface area contributed by atoms with Crippen LogP contribution in [0.2, 0.25) is 0 Å². The van der Waals surface area contributed by atoms with Crippen molar-refractivity contribution in [2.75, 3.05) is 16.8 Å². The van der Waals surface area contributed by atoms with E-state index in [0.29, 0.717) is 6.04 Å². The number of pyridine rings is 1. The van der Waals surface area contributed by atoms with Crippen molar-refractivity contribution in [1.29, 1.82) is 0 Å². The maximum atomic E-state index is 4.48. The van der Waals surface area contributed by atoms with E-state index in [4.69, 9.17) is 0 Å². The average Bonchev–Trinajstić information content (AvgIpc) is 2.54. The first-order chi connectivity index (χ1) is 6.74. The van der Waals surface area contributed by atoms with Crippen molar-refractivity contribution in [3.05, 3.63) is 23.4 Å². The predicted octanol–water partition coefficient (Wildman–Crippen LogP) is 2.62. The third-order valence-corrected chi connectivity index (χ3v) is 3.54. The van der Waals surface area contributed by atoms with E-state index in [1.165, 1.54) is 23.5 Å². The van der Waals surface area contributed by atoms with Gasteiger partial charge in [-0.25, -0.2) is 4.98 Å². The quantitative estimate of drug-likeness (QED) is 0.808. The van der Waals surface area contributed by atoms with Gasteiger partial charge in [0, 0.05) is 17.5 Å². The van der Waals surface area contributed by atoms with Crippen LogP contribution in [0.3, 0.4) is 0 Å². The first-order valence-corrected chi connectivity index (χ1v) is 6.19. The SMILES string of the molecule is Cc1cc(C)nc(NC2CCSC2)c1. The molecule has 1 aliphatic rings. The minimum Gasteiger partial charge on any atom is -0.366 e. The molecular weight excluding hydrogens is 192 g/mol. The highest BCUT2D eigenvalue weighted by atomic mass is 32.2. The standard InChI is InChI=1S/C11H16N2S/c1-8-5-9(2)12-11(6-8)13-10-3-4-14-7-10/h5-6,10H,3-4,7H2,1-2H3,(H,12,13). The maximum Gasteiger partial charge on any atom is 0.126 e. The molecule has 1 aliphatic heterocycles. The number of nitrogens with zero attached hydrogens (tertiary/aromatic N) is 1. The summed E-state index contributed by atoms with van der Waals surface area (Å²) < 4.78 is 0. The van der Waals surface area contributed by atoms with Crippen molar-refractivity contribution in [1.82, 2.24) is 4.98 Å². The van der Waals surface area contributed by atoms with Crippen molar-refractivity contribution >= 4 is 17.6 Å². The van der Waals surface area contributed by atoms with Crippen LogP contribution in [0.5, 0.6) is 0 Å². The lowest BCUT2D eigenvalue weighted by Crippen LogP contribution is -2.19.